The Kier molecular flexibility index (Phi) is 1.68. The number of aromatic nitrogens is 3. The van der Waals surface area contributed by atoms with Crippen molar-refractivity contribution in [2.24, 2.45) is 0 Å². The average Bonchev–Trinajstić information content (AvgIpc) is 2.55. The maximum Gasteiger partial charge on any atom is 0.150 e. The Bertz CT molecular complexity index is 697. The number of aryl methyl sites for hydroxylation is 2. The molecule has 0 atom stereocenters. The second kappa shape index (κ2) is 2.95. The Balaban J connectivity index is 2.68. The lowest BCUT2D eigenvalue weighted by atomic mass is 10.3. The van der Waals surface area contributed by atoms with E-state index in [1.807, 2.05) is 38.1 Å². The zero-order valence-electron chi connectivity index (χ0n) is 9.23. The third-order valence-electron chi connectivity index (χ3n) is 2.83. The van der Waals surface area contributed by atoms with E-state index in [9.17, 15) is 0 Å². The average molecular weight is 212 g/mol. The summed E-state index contributed by atoms with van der Waals surface area (Å²) in [6.45, 7) is 3.93. The molecule has 3 rings (SSSR count). The summed E-state index contributed by atoms with van der Waals surface area (Å²) in [6.07, 6.45) is 0. The first-order valence-electron chi connectivity index (χ1n) is 5.18. The van der Waals surface area contributed by atoms with Gasteiger partial charge in [-0.25, -0.2) is 9.97 Å². The van der Waals surface area contributed by atoms with Crippen LogP contribution in [-0.4, -0.2) is 14.4 Å². The molecule has 0 saturated heterocycles. The van der Waals surface area contributed by atoms with E-state index < -0.39 is 0 Å². The second-order valence-corrected chi connectivity index (χ2v) is 3.91. The Morgan fingerprint density at radius 2 is 1.88 bits per heavy atom. The van der Waals surface area contributed by atoms with Gasteiger partial charge in [0, 0.05) is 0 Å². The summed E-state index contributed by atoms with van der Waals surface area (Å²) in [5.41, 5.74) is 9.74. The largest absolute Gasteiger partial charge is 0.382 e. The molecule has 0 aliphatic rings. The number of benzene rings is 1. The lowest BCUT2D eigenvalue weighted by Gasteiger charge is -2.05. The number of nitrogens with two attached hydrogens (primary N) is 1. The van der Waals surface area contributed by atoms with Gasteiger partial charge in [-0.2, -0.15) is 0 Å². The van der Waals surface area contributed by atoms with Gasteiger partial charge in [0.05, 0.1) is 16.7 Å². The summed E-state index contributed by atoms with van der Waals surface area (Å²) in [6, 6.07) is 7.94. The van der Waals surface area contributed by atoms with E-state index in [-0.39, 0.29) is 0 Å². The molecular formula is C12H12N4. The smallest absolute Gasteiger partial charge is 0.150 e. The first-order chi connectivity index (χ1) is 7.68. The topological polar surface area (TPSA) is 56.2 Å². The molecule has 0 saturated carbocycles. The molecule has 0 amide bonds. The van der Waals surface area contributed by atoms with E-state index in [1.165, 1.54) is 0 Å². The number of rotatable bonds is 0. The van der Waals surface area contributed by atoms with Crippen LogP contribution in [0.3, 0.4) is 0 Å². The Labute approximate surface area is 92.7 Å². The fraction of sp³-hybridized carbons (Fsp3) is 0.167. The van der Waals surface area contributed by atoms with Crippen LogP contribution in [0.15, 0.2) is 24.3 Å². The lowest BCUT2D eigenvalue weighted by Crippen LogP contribution is -1.99. The summed E-state index contributed by atoms with van der Waals surface area (Å²) in [5, 5.41) is 0. The molecule has 3 aromatic rings. The van der Waals surface area contributed by atoms with Crippen molar-refractivity contribution in [2.75, 3.05) is 5.73 Å². The van der Waals surface area contributed by atoms with Crippen molar-refractivity contribution in [3.8, 4) is 0 Å². The van der Waals surface area contributed by atoms with E-state index in [2.05, 4.69) is 14.4 Å². The number of nitrogen functional groups attached to an aromatic ring is 1. The van der Waals surface area contributed by atoms with Crippen molar-refractivity contribution in [1.29, 1.82) is 0 Å². The maximum atomic E-state index is 5.96. The van der Waals surface area contributed by atoms with E-state index in [4.69, 9.17) is 5.73 Å². The van der Waals surface area contributed by atoms with Crippen molar-refractivity contribution < 1.29 is 0 Å². The highest BCUT2D eigenvalue weighted by Crippen LogP contribution is 2.23. The number of imidazole rings is 1. The number of anilines is 1. The van der Waals surface area contributed by atoms with Gasteiger partial charge in [0.1, 0.15) is 17.2 Å². The number of fused-ring (bicyclic) bond motifs is 3. The number of para-hydroxylation sites is 2. The van der Waals surface area contributed by atoms with Gasteiger partial charge in [0.15, 0.2) is 0 Å². The molecule has 0 aliphatic carbocycles. The molecule has 80 valence electrons. The van der Waals surface area contributed by atoms with Gasteiger partial charge in [0.2, 0.25) is 0 Å². The van der Waals surface area contributed by atoms with E-state index in [0.29, 0.717) is 5.82 Å². The summed E-state index contributed by atoms with van der Waals surface area (Å²) in [4.78, 5) is 8.84. The molecule has 2 N–H and O–H groups in total. The van der Waals surface area contributed by atoms with Crippen LogP contribution < -0.4 is 5.73 Å². The molecule has 2 heterocycles. The van der Waals surface area contributed by atoms with Crippen LogP contribution in [0.2, 0.25) is 0 Å². The Morgan fingerprint density at radius 3 is 2.69 bits per heavy atom. The van der Waals surface area contributed by atoms with Crippen LogP contribution in [0.25, 0.3) is 16.6 Å². The van der Waals surface area contributed by atoms with Gasteiger partial charge in [-0.1, -0.05) is 12.1 Å². The molecule has 0 radical (unpaired) electrons. The molecule has 4 nitrogen and oxygen atoms in total. The van der Waals surface area contributed by atoms with Crippen molar-refractivity contribution >= 4 is 22.4 Å². The zero-order valence-corrected chi connectivity index (χ0v) is 9.23. The number of nitrogens with zero attached hydrogens (tertiary/aromatic N) is 3. The zero-order chi connectivity index (χ0) is 11.3. The van der Waals surface area contributed by atoms with E-state index in [1.54, 1.807) is 0 Å². The Hall–Kier alpha value is -2.10. The lowest BCUT2D eigenvalue weighted by molar-refractivity contribution is 1.07. The standard InChI is InChI=1S/C12H12N4/c1-7-11-12(13)15-9-5-3-4-6-10(9)16(11)8(2)14-7/h3-6H,1-2H3,(H2,13,15). The highest BCUT2D eigenvalue weighted by molar-refractivity contribution is 5.84. The quantitative estimate of drug-likeness (QED) is 0.620. The third kappa shape index (κ3) is 1.04. The van der Waals surface area contributed by atoms with Crippen LogP contribution in [0.1, 0.15) is 11.5 Å². The second-order valence-electron chi connectivity index (χ2n) is 3.91. The van der Waals surface area contributed by atoms with Crippen LogP contribution in [0, 0.1) is 13.8 Å². The van der Waals surface area contributed by atoms with Crippen LogP contribution >= 0.6 is 0 Å². The minimum atomic E-state index is 0.539. The number of hydrogen-bond acceptors (Lipinski definition) is 3. The monoisotopic (exact) mass is 212 g/mol. The molecule has 2 aromatic heterocycles. The minimum absolute atomic E-state index is 0.539. The van der Waals surface area contributed by atoms with Crippen molar-refractivity contribution in [2.45, 2.75) is 13.8 Å². The highest BCUT2D eigenvalue weighted by Gasteiger charge is 2.11. The minimum Gasteiger partial charge on any atom is -0.382 e. The van der Waals surface area contributed by atoms with Crippen molar-refractivity contribution in [3.63, 3.8) is 0 Å². The van der Waals surface area contributed by atoms with Gasteiger partial charge in [-0.15, -0.1) is 0 Å². The van der Waals surface area contributed by atoms with Gasteiger partial charge in [0.25, 0.3) is 0 Å². The van der Waals surface area contributed by atoms with Gasteiger partial charge < -0.3 is 5.73 Å². The fourth-order valence-electron chi connectivity index (χ4n) is 2.19. The van der Waals surface area contributed by atoms with Gasteiger partial charge >= 0.3 is 0 Å². The summed E-state index contributed by atoms with van der Waals surface area (Å²) in [5.74, 6) is 1.48. The Morgan fingerprint density at radius 1 is 1.12 bits per heavy atom. The first kappa shape index (κ1) is 9.15. The SMILES string of the molecule is Cc1nc(C)n2c1c(N)nc1ccccc12. The molecule has 0 bridgehead atoms. The molecule has 16 heavy (non-hydrogen) atoms. The molecule has 0 unspecified atom stereocenters. The molecule has 4 heteroatoms. The summed E-state index contributed by atoms with van der Waals surface area (Å²) in [7, 11) is 0. The van der Waals surface area contributed by atoms with Crippen LogP contribution in [0.5, 0.6) is 0 Å². The van der Waals surface area contributed by atoms with Crippen molar-refractivity contribution in [3.05, 3.63) is 35.8 Å². The normalized spacial score (nSPS) is 11.4. The van der Waals surface area contributed by atoms with E-state index in [0.717, 1.165) is 28.1 Å². The molecule has 1 aromatic carbocycles. The first-order valence-corrected chi connectivity index (χ1v) is 5.18. The maximum absolute atomic E-state index is 5.96. The number of hydrogen-bond donors (Lipinski definition) is 1. The molecule has 0 aliphatic heterocycles. The van der Waals surface area contributed by atoms with Crippen LogP contribution in [-0.2, 0) is 0 Å². The predicted octanol–water partition coefficient (Wildman–Crippen LogP) is 2.08. The highest BCUT2D eigenvalue weighted by atomic mass is 15.1. The van der Waals surface area contributed by atoms with Crippen molar-refractivity contribution in [1.82, 2.24) is 14.4 Å². The van der Waals surface area contributed by atoms with E-state index >= 15 is 0 Å². The third-order valence-corrected chi connectivity index (χ3v) is 2.83. The molecular weight excluding hydrogens is 200 g/mol. The predicted molar refractivity (Wildman–Crippen MR) is 64.4 cm³/mol. The summed E-state index contributed by atoms with van der Waals surface area (Å²) < 4.78 is 2.06. The van der Waals surface area contributed by atoms with Gasteiger partial charge in [-0.05, 0) is 26.0 Å². The molecule has 0 spiro atoms. The fourth-order valence-corrected chi connectivity index (χ4v) is 2.19. The molecule has 0 fully saturated rings. The summed E-state index contributed by atoms with van der Waals surface area (Å²) >= 11 is 0. The van der Waals surface area contributed by atoms with Gasteiger partial charge in [-0.3, -0.25) is 4.40 Å². The van der Waals surface area contributed by atoms with Crippen LogP contribution in [0.4, 0.5) is 5.82 Å².